The molecular formula is C7H7N2O2. The Hall–Kier alpha value is -1.45. The Morgan fingerprint density at radius 3 is 3.09 bits per heavy atom. The average Bonchev–Trinajstić information content (AvgIpc) is 2.06. The second-order valence-electron chi connectivity index (χ2n) is 2.16. The zero-order valence-corrected chi connectivity index (χ0v) is 5.83. The summed E-state index contributed by atoms with van der Waals surface area (Å²) >= 11 is 0. The predicted octanol–water partition coefficient (Wildman–Crippen LogP) is 0.235. The van der Waals surface area contributed by atoms with Gasteiger partial charge in [-0.1, -0.05) is 0 Å². The van der Waals surface area contributed by atoms with Crippen LogP contribution in [0.5, 0.6) is 11.5 Å². The molecule has 0 atom stereocenters. The fourth-order valence-electron chi connectivity index (χ4n) is 0.951. The third-order valence-corrected chi connectivity index (χ3v) is 1.42. The highest BCUT2D eigenvalue weighted by molar-refractivity contribution is 5.55. The molecule has 1 aromatic rings. The van der Waals surface area contributed by atoms with E-state index in [9.17, 15) is 0 Å². The highest BCUT2D eigenvalue weighted by atomic mass is 16.6. The zero-order valence-electron chi connectivity index (χ0n) is 5.83. The highest BCUT2D eigenvalue weighted by Crippen LogP contribution is 2.33. The van der Waals surface area contributed by atoms with Crippen molar-refractivity contribution in [1.29, 1.82) is 0 Å². The summed E-state index contributed by atoms with van der Waals surface area (Å²) in [5.74, 6) is 1.50. The Labute approximate surface area is 63.9 Å². The van der Waals surface area contributed by atoms with Crippen molar-refractivity contribution in [2.24, 2.45) is 0 Å². The summed E-state index contributed by atoms with van der Waals surface area (Å²) in [6.45, 7) is 1.09. The molecule has 4 heteroatoms. The summed E-state index contributed by atoms with van der Waals surface area (Å²) in [6.07, 6.45) is 2.61. The topological polar surface area (TPSA) is 57.4 Å². The monoisotopic (exact) mass is 151 g/mol. The van der Waals surface area contributed by atoms with Crippen LogP contribution in [0.2, 0.25) is 0 Å². The Kier molecular flexibility index (Phi) is 1.31. The number of nitrogens with two attached hydrogens (primary N) is 1. The van der Waals surface area contributed by atoms with Crippen molar-refractivity contribution in [3.05, 3.63) is 12.3 Å². The largest absolute Gasteiger partial charge is 0.486 e. The van der Waals surface area contributed by atoms with E-state index >= 15 is 0 Å². The van der Waals surface area contributed by atoms with E-state index in [2.05, 4.69) is 11.2 Å². The summed E-state index contributed by atoms with van der Waals surface area (Å²) in [6, 6.07) is 1.62. The van der Waals surface area contributed by atoms with Gasteiger partial charge in [0.15, 0.2) is 11.6 Å². The molecule has 0 fully saturated rings. The smallest absolute Gasteiger partial charge is 0.203 e. The van der Waals surface area contributed by atoms with Crippen molar-refractivity contribution >= 4 is 5.82 Å². The third kappa shape index (κ3) is 0.960. The van der Waals surface area contributed by atoms with Crippen molar-refractivity contribution in [3.8, 4) is 11.5 Å². The maximum atomic E-state index is 5.49. The van der Waals surface area contributed by atoms with Crippen LogP contribution in [0, 0.1) is 6.20 Å². The number of ether oxygens (including phenoxy) is 2. The van der Waals surface area contributed by atoms with Crippen LogP contribution in [0.1, 0.15) is 0 Å². The van der Waals surface area contributed by atoms with Crippen LogP contribution < -0.4 is 15.2 Å². The number of aromatic nitrogens is 1. The van der Waals surface area contributed by atoms with Gasteiger partial charge in [-0.15, -0.1) is 0 Å². The lowest BCUT2D eigenvalue weighted by Gasteiger charge is -2.18. The van der Waals surface area contributed by atoms with E-state index in [-0.39, 0.29) is 0 Å². The van der Waals surface area contributed by atoms with E-state index < -0.39 is 0 Å². The maximum Gasteiger partial charge on any atom is 0.203 e. The van der Waals surface area contributed by atoms with Crippen LogP contribution in [0.15, 0.2) is 6.07 Å². The molecule has 1 radical (unpaired) electrons. The Balaban J connectivity index is 2.49. The molecule has 4 nitrogen and oxygen atoms in total. The van der Waals surface area contributed by atoms with Crippen LogP contribution in [-0.2, 0) is 0 Å². The summed E-state index contributed by atoms with van der Waals surface area (Å²) in [5.41, 5.74) is 5.49. The summed E-state index contributed by atoms with van der Waals surface area (Å²) in [5, 5.41) is 0. The van der Waals surface area contributed by atoms with Crippen molar-refractivity contribution in [2.45, 2.75) is 0 Å². The van der Waals surface area contributed by atoms with Crippen molar-refractivity contribution in [3.63, 3.8) is 0 Å². The predicted molar refractivity (Wildman–Crippen MR) is 38.5 cm³/mol. The van der Waals surface area contributed by atoms with Gasteiger partial charge < -0.3 is 15.2 Å². The lowest BCUT2D eigenvalue weighted by Crippen LogP contribution is -2.16. The van der Waals surface area contributed by atoms with E-state index in [1.54, 1.807) is 6.07 Å². The van der Waals surface area contributed by atoms with Gasteiger partial charge in [-0.05, 0) is 0 Å². The molecule has 0 spiro atoms. The first-order valence-electron chi connectivity index (χ1n) is 3.30. The number of nitrogens with zero attached hydrogens (tertiary/aromatic N) is 1. The molecule has 2 heterocycles. The fourth-order valence-corrected chi connectivity index (χ4v) is 0.951. The number of fused-ring (bicyclic) bond motifs is 1. The van der Waals surface area contributed by atoms with E-state index in [4.69, 9.17) is 15.2 Å². The number of nitrogen functional groups attached to an aromatic ring is 1. The summed E-state index contributed by atoms with van der Waals surface area (Å²) in [4.78, 5) is 3.74. The lowest BCUT2D eigenvalue weighted by atomic mass is 10.3. The van der Waals surface area contributed by atoms with Crippen LogP contribution in [0.3, 0.4) is 0 Å². The average molecular weight is 151 g/mol. The highest BCUT2D eigenvalue weighted by Gasteiger charge is 2.14. The van der Waals surface area contributed by atoms with Crippen LogP contribution in [0.4, 0.5) is 5.82 Å². The molecule has 57 valence electrons. The molecule has 2 rings (SSSR count). The Morgan fingerprint density at radius 1 is 1.45 bits per heavy atom. The molecule has 0 saturated heterocycles. The molecule has 1 aromatic heterocycles. The first-order valence-corrected chi connectivity index (χ1v) is 3.30. The molecular weight excluding hydrogens is 144 g/mol. The van der Waals surface area contributed by atoms with Gasteiger partial charge in [0, 0.05) is 6.07 Å². The molecule has 1 aliphatic heterocycles. The molecule has 2 N–H and O–H groups in total. The van der Waals surface area contributed by atoms with Crippen molar-refractivity contribution in [2.75, 3.05) is 18.9 Å². The second-order valence-corrected chi connectivity index (χ2v) is 2.16. The number of rotatable bonds is 0. The fraction of sp³-hybridized carbons (Fsp3) is 0.286. The minimum Gasteiger partial charge on any atom is -0.486 e. The van der Waals surface area contributed by atoms with E-state index in [0.717, 1.165) is 0 Å². The number of pyridine rings is 1. The first kappa shape index (κ1) is 6.27. The van der Waals surface area contributed by atoms with E-state index in [1.807, 2.05) is 0 Å². The standard InChI is InChI=1S/C7H7N2O2/c8-7-6-5(1-2-9-7)10-3-4-11-6/h1H,3-4H2,(H2,8,9). The molecule has 0 amide bonds. The summed E-state index contributed by atoms with van der Waals surface area (Å²) in [7, 11) is 0. The minimum absolute atomic E-state index is 0.335. The van der Waals surface area contributed by atoms with Crippen molar-refractivity contribution in [1.82, 2.24) is 4.98 Å². The maximum absolute atomic E-state index is 5.49. The Morgan fingerprint density at radius 2 is 2.27 bits per heavy atom. The first-order chi connectivity index (χ1) is 5.38. The molecule has 0 bridgehead atoms. The normalized spacial score (nSPS) is 14.5. The van der Waals surface area contributed by atoms with E-state index in [0.29, 0.717) is 30.5 Å². The molecule has 0 aliphatic carbocycles. The lowest BCUT2D eigenvalue weighted by molar-refractivity contribution is 0.172. The quantitative estimate of drug-likeness (QED) is 0.576. The van der Waals surface area contributed by atoms with Gasteiger partial charge in [-0.3, -0.25) is 0 Å². The minimum atomic E-state index is 0.335. The van der Waals surface area contributed by atoms with Gasteiger partial charge in [0.25, 0.3) is 0 Å². The molecule has 0 aromatic carbocycles. The van der Waals surface area contributed by atoms with Gasteiger partial charge in [-0.2, -0.15) is 0 Å². The van der Waals surface area contributed by atoms with Crippen LogP contribution in [-0.4, -0.2) is 18.2 Å². The van der Waals surface area contributed by atoms with Gasteiger partial charge in [0.05, 0.1) is 6.20 Å². The third-order valence-electron chi connectivity index (χ3n) is 1.42. The van der Waals surface area contributed by atoms with Gasteiger partial charge >= 0.3 is 0 Å². The molecule has 11 heavy (non-hydrogen) atoms. The SMILES string of the molecule is Nc1n[c]cc2c1OCCO2. The van der Waals surface area contributed by atoms with Crippen LogP contribution in [0.25, 0.3) is 0 Å². The molecule has 0 unspecified atom stereocenters. The number of hydrogen-bond acceptors (Lipinski definition) is 4. The second kappa shape index (κ2) is 2.30. The molecule has 0 saturated carbocycles. The van der Waals surface area contributed by atoms with Gasteiger partial charge in [0.1, 0.15) is 13.2 Å². The number of anilines is 1. The molecule has 1 aliphatic rings. The Bertz CT molecular complexity index is 275. The number of hydrogen-bond donors (Lipinski definition) is 1. The van der Waals surface area contributed by atoms with Crippen molar-refractivity contribution < 1.29 is 9.47 Å². The summed E-state index contributed by atoms with van der Waals surface area (Å²) < 4.78 is 10.4. The van der Waals surface area contributed by atoms with Gasteiger partial charge in [0.2, 0.25) is 5.75 Å². The van der Waals surface area contributed by atoms with Crippen LogP contribution >= 0.6 is 0 Å². The van der Waals surface area contributed by atoms with Gasteiger partial charge in [-0.25, -0.2) is 4.98 Å². The zero-order chi connectivity index (χ0) is 7.68. The van der Waals surface area contributed by atoms with E-state index in [1.165, 1.54) is 0 Å².